The Kier molecular flexibility index (Phi) is 4.19. The van der Waals surface area contributed by atoms with E-state index in [-0.39, 0.29) is 5.95 Å². The number of hydrogen-bond acceptors (Lipinski definition) is 3. The molecule has 1 aromatic carbocycles. The summed E-state index contributed by atoms with van der Waals surface area (Å²) in [7, 11) is 0. The average Bonchev–Trinajstić information content (AvgIpc) is 2.75. The molecule has 1 aromatic heterocycles. The van der Waals surface area contributed by atoms with Crippen LogP contribution in [0.25, 0.3) is 11.0 Å². The van der Waals surface area contributed by atoms with Crippen LogP contribution < -0.4 is 10.6 Å². The van der Waals surface area contributed by atoms with Gasteiger partial charge in [0.1, 0.15) is 0 Å². The van der Waals surface area contributed by atoms with Gasteiger partial charge in [-0.25, -0.2) is 19.1 Å². The van der Waals surface area contributed by atoms with Crippen LogP contribution in [0.5, 0.6) is 0 Å². The number of carboxylic acid groups (broad SMARTS) is 1. The van der Waals surface area contributed by atoms with Gasteiger partial charge in [-0.1, -0.05) is 25.5 Å². The quantitative estimate of drug-likeness (QED) is 0.747. The van der Waals surface area contributed by atoms with Crippen molar-refractivity contribution in [2.75, 3.05) is 11.9 Å². The van der Waals surface area contributed by atoms with Crippen LogP contribution in [-0.2, 0) is 0 Å². The van der Waals surface area contributed by atoms with Crippen LogP contribution in [-0.4, -0.2) is 33.3 Å². The number of para-hydroxylation sites is 2. The van der Waals surface area contributed by atoms with Gasteiger partial charge in [0, 0.05) is 6.54 Å². The Morgan fingerprint density at radius 3 is 2.80 bits per heavy atom. The first-order valence-corrected chi connectivity index (χ1v) is 6.39. The highest BCUT2D eigenvalue weighted by molar-refractivity contribution is 5.95. The van der Waals surface area contributed by atoms with Crippen LogP contribution >= 0.6 is 0 Å². The van der Waals surface area contributed by atoms with E-state index in [0.29, 0.717) is 17.6 Å². The summed E-state index contributed by atoms with van der Waals surface area (Å²) < 4.78 is 1.24. The number of nitrogens with one attached hydrogen (secondary N) is 2. The monoisotopic (exact) mass is 276 g/mol. The molecule has 1 heterocycles. The normalized spacial score (nSPS) is 10.4. The van der Waals surface area contributed by atoms with Crippen LogP contribution in [0.15, 0.2) is 24.3 Å². The van der Waals surface area contributed by atoms with E-state index in [9.17, 15) is 9.59 Å². The molecule has 0 saturated heterocycles. The van der Waals surface area contributed by atoms with Gasteiger partial charge in [0.15, 0.2) is 0 Å². The number of carbonyl (C=O) groups is 2. The number of hydrogen-bond donors (Lipinski definition) is 3. The second-order valence-corrected chi connectivity index (χ2v) is 4.28. The molecule has 2 aromatic rings. The van der Waals surface area contributed by atoms with Gasteiger partial charge >= 0.3 is 12.1 Å². The van der Waals surface area contributed by atoms with Crippen LogP contribution in [0.1, 0.15) is 19.8 Å². The number of nitrogens with zero attached hydrogens (tertiary/aromatic N) is 2. The largest absolute Gasteiger partial charge is 0.465 e. The highest BCUT2D eigenvalue weighted by atomic mass is 16.4. The minimum atomic E-state index is -1.26. The molecule has 0 atom stereocenters. The van der Waals surface area contributed by atoms with Crippen molar-refractivity contribution in [1.82, 2.24) is 14.9 Å². The van der Waals surface area contributed by atoms with Crippen molar-refractivity contribution in [2.45, 2.75) is 19.8 Å². The van der Waals surface area contributed by atoms with Gasteiger partial charge in [0.25, 0.3) is 0 Å². The maximum absolute atomic E-state index is 12.2. The summed E-state index contributed by atoms with van der Waals surface area (Å²) in [4.78, 5) is 27.1. The highest BCUT2D eigenvalue weighted by Gasteiger charge is 2.17. The second-order valence-electron chi connectivity index (χ2n) is 4.28. The molecule has 0 aliphatic rings. The zero-order valence-corrected chi connectivity index (χ0v) is 11.1. The van der Waals surface area contributed by atoms with E-state index in [1.165, 1.54) is 4.57 Å². The van der Waals surface area contributed by atoms with Crippen LogP contribution in [0.3, 0.4) is 0 Å². The van der Waals surface area contributed by atoms with Crippen molar-refractivity contribution in [3.8, 4) is 0 Å². The third kappa shape index (κ3) is 2.87. The average molecular weight is 276 g/mol. The van der Waals surface area contributed by atoms with Crippen molar-refractivity contribution >= 4 is 29.1 Å². The maximum atomic E-state index is 12.2. The Hall–Kier alpha value is -2.57. The van der Waals surface area contributed by atoms with Gasteiger partial charge < -0.3 is 10.4 Å². The third-order valence-corrected chi connectivity index (χ3v) is 2.79. The number of benzene rings is 1. The summed E-state index contributed by atoms with van der Waals surface area (Å²) in [5, 5.41) is 13.7. The zero-order chi connectivity index (χ0) is 14.5. The molecule has 0 fully saturated rings. The molecule has 0 radical (unpaired) electrons. The molecule has 106 valence electrons. The van der Waals surface area contributed by atoms with E-state index < -0.39 is 12.1 Å². The van der Waals surface area contributed by atoms with Gasteiger partial charge in [-0.15, -0.1) is 0 Å². The topological polar surface area (TPSA) is 96.2 Å². The Morgan fingerprint density at radius 2 is 2.10 bits per heavy atom. The summed E-state index contributed by atoms with van der Waals surface area (Å²) in [6.45, 7) is 2.56. The molecule has 2 rings (SSSR count). The van der Waals surface area contributed by atoms with Crippen molar-refractivity contribution < 1.29 is 14.7 Å². The van der Waals surface area contributed by atoms with Crippen molar-refractivity contribution in [2.24, 2.45) is 0 Å². The molecular formula is C13H16N4O3. The molecular weight excluding hydrogens is 260 g/mol. The first-order valence-electron chi connectivity index (χ1n) is 6.39. The molecule has 0 aliphatic heterocycles. The molecule has 20 heavy (non-hydrogen) atoms. The first-order chi connectivity index (χ1) is 9.63. The fourth-order valence-electron chi connectivity index (χ4n) is 1.86. The van der Waals surface area contributed by atoms with Gasteiger partial charge in [-0.3, -0.25) is 5.32 Å². The Labute approximate surface area is 115 Å². The number of anilines is 1. The van der Waals surface area contributed by atoms with Crippen LogP contribution in [0.4, 0.5) is 15.5 Å². The number of unbranched alkanes of at least 4 members (excludes halogenated alkanes) is 1. The molecule has 0 saturated carbocycles. The minimum Gasteiger partial charge on any atom is -0.465 e. The lowest BCUT2D eigenvalue weighted by Crippen LogP contribution is -2.30. The number of amides is 2. The number of rotatable bonds is 4. The predicted octanol–water partition coefficient (Wildman–Crippen LogP) is 2.48. The van der Waals surface area contributed by atoms with Crippen LogP contribution in [0, 0.1) is 0 Å². The van der Waals surface area contributed by atoms with Gasteiger partial charge in [0.05, 0.1) is 11.0 Å². The number of fused-ring (bicyclic) bond motifs is 1. The molecule has 0 bridgehead atoms. The summed E-state index contributed by atoms with van der Waals surface area (Å²) in [5.41, 5.74) is 1.12. The van der Waals surface area contributed by atoms with Crippen molar-refractivity contribution in [1.29, 1.82) is 0 Å². The van der Waals surface area contributed by atoms with Gasteiger partial charge in [-0.05, 0) is 18.6 Å². The SMILES string of the molecule is CCCCNC(=O)n1c(NC(=O)O)nc2ccccc21. The van der Waals surface area contributed by atoms with Gasteiger partial charge in [-0.2, -0.15) is 0 Å². The molecule has 0 unspecified atom stereocenters. The third-order valence-electron chi connectivity index (χ3n) is 2.79. The van der Waals surface area contributed by atoms with E-state index >= 15 is 0 Å². The number of carbonyl (C=O) groups excluding carboxylic acids is 1. The lowest BCUT2D eigenvalue weighted by Gasteiger charge is -2.08. The molecule has 2 amide bonds. The minimum absolute atomic E-state index is 0.00676. The van der Waals surface area contributed by atoms with E-state index in [4.69, 9.17) is 5.11 Å². The fraction of sp³-hybridized carbons (Fsp3) is 0.308. The maximum Gasteiger partial charge on any atom is 0.411 e. The van der Waals surface area contributed by atoms with Crippen LogP contribution in [0.2, 0.25) is 0 Å². The molecule has 0 aliphatic carbocycles. The molecule has 7 heteroatoms. The molecule has 7 nitrogen and oxygen atoms in total. The lowest BCUT2D eigenvalue weighted by atomic mass is 10.3. The first kappa shape index (κ1) is 13.9. The Morgan fingerprint density at radius 1 is 1.35 bits per heavy atom. The van der Waals surface area contributed by atoms with Crippen molar-refractivity contribution in [3.05, 3.63) is 24.3 Å². The lowest BCUT2D eigenvalue weighted by molar-refractivity contribution is 0.209. The van der Waals surface area contributed by atoms with E-state index in [1.807, 2.05) is 6.92 Å². The Bertz CT molecular complexity index is 636. The fourth-order valence-corrected chi connectivity index (χ4v) is 1.86. The second kappa shape index (κ2) is 6.05. The number of imidazole rings is 1. The molecule has 3 N–H and O–H groups in total. The number of aromatic nitrogens is 2. The molecule has 0 spiro atoms. The smallest absolute Gasteiger partial charge is 0.411 e. The highest BCUT2D eigenvalue weighted by Crippen LogP contribution is 2.19. The summed E-state index contributed by atoms with van der Waals surface area (Å²) in [6, 6.07) is 6.59. The van der Waals surface area contributed by atoms with E-state index in [1.54, 1.807) is 24.3 Å². The summed E-state index contributed by atoms with van der Waals surface area (Å²) in [6.07, 6.45) is 0.563. The van der Waals surface area contributed by atoms with Crippen molar-refractivity contribution in [3.63, 3.8) is 0 Å². The van der Waals surface area contributed by atoms with E-state index in [0.717, 1.165) is 12.8 Å². The standard InChI is InChI=1S/C13H16N4O3/c1-2-3-8-14-12(18)17-10-7-5-4-6-9(10)15-11(17)16-13(19)20/h4-7H,2-3,8H2,1H3,(H,14,18)(H,15,16)(H,19,20). The predicted molar refractivity (Wildman–Crippen MR) is 75.1 cm³/mol. The van der Waals surface area contributed by atoms with Gasteiger partial charge in [0.2, 0.25) is 5.95 Å². The Balaban J connectivity index is 2.37. The zero-order valence-electron chi connectivity index (χ0n) is 11.1. The van der Waals surface area contributed by atoms with E-state index in [2.05, 4.69) is 15.6 Å². The summed E-state index contributed by atoms with van der Waals surface area (Å²) in [5.74, 6) is -0.00676. The summed E-state index contributed by atoms with van der Waals surface area (Å²) >= 11 is 0.